The zero-order chi connectivity index (χ0) is 11.3. The molecule has 2 amide bonds. The lowest BCUT2D eigenvalue weighted by Crippen LogP contribution is -2.45. The molecule has 0 bridgehead atoms. The van der Waals surface area contributed by atoms with Crippen molar-refractivity contribution in [1.29, 1.82) is 0 Å². The fourth-order valence-corrected chi connectivity index (χ4v) is 1.48. The van der Waals surface area contributed by atoms with Gasteiger partial charge < -0.3 is 16.4 Å². The van der Waals surface area contributed by atoms with E-state index >= 15 is 0 Å². The fourth-order valence-electron chi connectivity index (χ4n) is 1.48. The summed E-state index contributed by atoms with van der Waals surface area (Å²) in [5, 5.41) is 5.49. The van der Waals surface area contributed by atoms with Crippen molar-refractivity contribution in [2.45, 2.75) is 32.2 Å². The van der Waals surface area contributed by atoms with Crippen molar-refractivity contribution in [3.63, 3.8) is 0 Å². The standard InChI is InChI=1S/C10H19N3O2/c1-2-8(11)6-13-10(15)7-3-4-9(14)12-5-7/h7-8H,2-6,11H2,1H3,(H,12,14)(H,13,15). The molecule has 5 heteroatoms. The van der Waals surface area contributed by atoms with Gasteiger partial charge in [0.25, 0.3) is 0 Å². The van der Waals surface area contributed by atoms with Gasteiger partial charge in [-0.25, -0.2) is 0 Å². The molecule has 1 aliphatic heterocycles. The minimum absolute atomic E-state index is 0.00102. The van der Waals surface area contributed by atoms with Crippen LogP contribution in [0.25, 0.3) is 0 Å². The van der Waals surface area contributed by atoms with E-state index in [9.17, 15) is 9.59 Å². The van der Waals surface area contributed by atoms with Crippen LogP contribution in [0.5, 0.6) is 0 Å². The maximum absolute atomic E-state index is 11.6. The Kier molecular flexibility index (Phi) is 4.55. The van der Waals surface area contributed by atoms with Gasteiger partial charge in [0, 0.05) is 25.6 Å². The molecular formula is C10H19N3O2. The summed E-state index contributed by atoms with van der Waals surface area (Å²) >= 11 is 0. The van der Waals surface area contributed by atoms with Crippen molar-refractivity contribution < 1.29 is 9.59 Å². The van der Waals surface area contributed by atoms with Crippen LogP contribution in [0.15, 0.2) is 0 Å². The lowest BCUT2D eigenvalue weighted by atomic mass is 9.98. The predicted octanol–water partition coefficient (Wildman–Crippen LogP) is -0.634. The van der Waals surface area contributed by atoms with Crippen molar-refractivity contribution in [1.82, 2.24) is 10.6 Å². The molecule has 86 valence electrons. The summed E-state index contributed by atoms with van der Waals surface area (Å²) < 4.78 is 0. The Morgan fingerprint density at radius 2 is 2.47 bits per heavy atom. The molecule has 15 heavy (non-hydrogen) atoms. The average Bonchev–Trinajstić information content (AvgIpc) is 2.26. The summed E-state index contributed by atoms with van der Waals surface area (Å²) in [7, 11) is 0. The topological polar surface area (TPSA) is 84.2 Å². The molecule has 1 fully saturated rings. The van der Waals surface area contributed by atoms with Gasteiger partial charge in [0.15, 0.2) is 0 Å². The number of carbonyl (C=O) groups is 2. The van der Waals surface area contributed by atoms with E-state index in [1.165, 1.54) is 0 Å². The third-order valence-corrected chi connectivity index (χ3v) is 2.70. The first-order valence-corrected chi connectivity index (χ1v) is 5.43. The first kappa shape index (κ1) is 12.0. The largest absolute Gasteiger partial charge is 0.355 e. The summed E-state index contributed by atoms with van der Waals surface area (Å²) in [4.78, 5) is 22.5. The normalized spacial score (nSPS) is 23.1. The zero-order valence-corrected chi connectivity index (χ0v) is 9.08. The van der Waals surface area contributed by atoms with Gasteiger partial charge in [0.1, 0.15) is 0 Å². The molecule has 1 aliphatic rings. The van der Waals surface area contributed by atoms with Crippen LogP contribution in [0.2, 0.25) is 0 Å². The molecule has 0 aromatic rings. The van der Waals surface area contributed by atoms with Gasteiger partial charge in [0.05, 0.1) is 5.92 Å². The molecule has 0 aliphatic carbocycles. The lowest BCUT2D eigenvalue weighted by molar-refractivity contribution is -0.128. The molecule has 0 aromatic heterocycles. The molecule has 0 spiro atoms. The van der Waals surface area contributed by atoms with E-state index in [4.69, 9.17) is 5.73 Å². The van der Waals surface area contributed by atoms with Crippen molar-refractivity contribution in [2.24, 2.45) is 11.7 Å². The number of hydrogen-bond acceptors (Lipinski definition) is 3. The number of hydrogen-bond donors (Lipinski definition) is 3. The highest BCUT2D eigenvalue weighted by Crippen LogP contribution is 2.10. The predicted molar refractivity (Wildman–Crippen MR) is 57.0 cm³/mol. The van der Waals surface area contributed by atoms with Crippen molar-refractivity contribution in [2.75, 3.05) is 13.1 Å². The molecule has 1 saturated heterocycles. The quantitative estimate of drug-likeness (QED) is 0.581. The zero-order valence-electron chi connectivity index (χ0n) is 9.08. The Morgan fingerprint density at radius 1 is 1.73 bits per heavy atom. The van der Waals surface area contributed by atoms with Crippen molar-refractivity contribution >= 4 is 11.8 Å². The summed E-state index contributed by atoms with van der Waals surface area (Å²) in [6.07, 6.45) is 1.93. The molecule has 4 N–H and O–H groups in total. The molecule has 2 atom stereocenters. The molecule has 0 saturated carbocycles. The number of piperidine rings is 1. The van der Waals surface area contributed by atoms with E-state index in [1.807, 2.05) is 6.92 Å². The number of amides is 2. The summed E-state index contributed by atoms with van der Waals surface area (Å²) in [5.74, 6) is -0.0602. The Hall–Kier alpha value is -1.10. The first-order chi connectivity index (χ1) is 7.13. The summed E-state index contributed by atoms with van der Waals surface area (Å²) in [5.41, 5.74) is 5.69. The van der Waals surface area contributed by atoms with Gasteiger partial charge >= 0.3 is 0 Å². The number of rotatable bonds is 4. The van der Waals surface area contributed by atoms with Crippen molar-refractivity contribution in [3.8, 4) is 0 Å². The van der Waals surface area contributed by atoms with Crippen LogP contribution in [-0.2, 0) is 9.59 Å². The highest BCUT2D eigenvalue weighted by atomic mass is 16.2. The van der Waals surface area contributed by atoms with Gasteiger partial charge in [-0.05, 0) is 12.8 Å². The second-order valence-electron chi connectivity index (χ2n) is 3.95. The molecule has 2 unspecified atom stereocenters. The van der Waals surface area contributed by atoms with Crippen LogP contribution in [0.3, 0.4) is 0 Å². The maximum atomic E-state index is 11.6. The summed E-state index contributed by atoms with van der Waals surface area (Å²) in [6, 6.07) is 0.0205. The van der Waals surface area contributed by atoms with Crippen LogP contribution in [0.4, 0.5) is 0 Å². The highest BCUT2D eigenvalue weighted by Gasteiger charge is 2.24. The third kappa shape index (κ3) is 3.87. The minimum Gasteiger partial charge on any atom is -0.355 e. The van der Waals surface area contributed by atoms with E-state index in [-0.39, 0.29) is 23.8 Å². The fraction of sp³-hybridized carbons (Fsp3) is 0.800. The van der Waals surface area contributed by atoms with Crippen LogP contribution in [-0.4, -0.2) is 30.9 Å². The number of nitrogens with two attached hydrogens (primary N) is 1. The van der Waals surface area contributed by atoms with Crippen LogP contribution in [0.1, 0.15) is 26.2 Å². The average molecular weight is 213 g/mol. The molecule has 0 radical (unpaired) electrons. The number of carbonyl (C=O) groups excluding carboxylic acids is 2. The summed E-state index contributed by atoms with van der Waals surface area (Å²) in [6.45, 7) is 2.95. The maximum Gasteiger partial charge on any atom is 0.224 e. The van der Waals surface area contributed by atoms with E-state index in [0.717, 1.165) is 6.42 Å². The Labute approximate surface area is 89.8 Å². The van der Waals surface area contributed by atoms with E-state index in [1.54, 1.807) is 0 Å². The van der Waals surface area contributed by atoms with Gasteiger partial charge in [-0.3, -0.25) is 9.59 Å². The van der Waals surface area contributed by atoms with E-state index in [2.05, 4.69) is 10.6 Å². The van der Waals surface area contributed by atoms with E-state index < -0.39 is 0 Å². The van der Waals surface area contributed by atoms with Crippen LogP contribution < -0.4 is 16.4 Å². The highest BCUT2D eigenvalue weighted by molar-refractivity contribution is 5.83. The Bertz CT molecular complexity index is 233. The molecule has 1 heterocycles. The Morgan fingerprint density at radius 3 is 3.00 bits per heavy atom. The third-order valence-electron chi connectivity index (χ3n) is 2.70. The molecule has 5 nitrogen and oxygen atoms in total. The minimum atomic E-state index is -0.0910. The second kappa shape index (κ2) is 5.70. The monoisotopic (exact) mass is 213 g/mol. The van der Waals surface area contributed by atoms with Crippen molar-refractivity contribution in [3.05, 3.63) is 0 Å². The SMILES string of the molecule is CCC(N)CNC(=O)C1CCC(=O)NC1. The number of nitrogens with one attached hydrogen (secondary N) is 2. The second-order valence-corrected chi connectivity index (χ2v) is 3.95. The molecule has 1 rings (SSSR count). The van der Waals surface area contributed by atoms with Crippen LogP contribution in [0, 0.1) is 5.92 Å². The van der Waals surface area contributed by atoms with Gasteiger partial charge in [-0.15, -0.1) is 0 Å². The van der Waals surface area contributed by atoms with Gasteiger partial charge in [-0.1, -0.05) is 6.92 Å². The lowest BCUT2D eigenvalue weighted by Gasteiger charge is -2.22. The molecule has 0 aromatic carbocycles. The molecular weight excluding hydrogens is 194 g/mol. The van der Waals surface area contributed by atoms with E-state index in [0.29, 0.717) is 25.9 Å². The smallest absolute Gasteiger partial charge is 0.224 e. The Balaban J connectivity index is 2.25. The van der Waals surface area contributed by atoms with Crippen LogP contribution >= 0.6 is 0 Å². The van der Waals surface area contributed by atoms with Gasteiger partial charge in [-0.2, -0.15) is 0 Å². The van der Waals surface area contributed by atoms with Gasteiger partial charge in [0.2, 0.25) is 11.8 Å². The first-order valence-electron chi connectivity index (χ1n) is 5.43.